The van der Waals surface area contributed by atoms with E-state index in [-0.39, 0.29) is 5.91 Å². The second-order valence-electron chi connectivity index (χ2n) is 6.40. The van der Waals surface area contributed by atoms with Gasteiger partial charge in [0.2, 0.25) is 5.91 Å². The number of amides is 1. The monoisotopic (exact) mass is 360 g/mol. The summed E-state index contributed by atoms with van der Waals surface area (Å²) in [5.41, 5.74) is 3.77. The lowest BCUT2D eigenvalue weighted by Gasteiger charge is -2.20. The predicted octanol–water partition coefficient (Wildman–Crippen LogP) is 4.47. The highest BCUT2D eigenvalue weighted by molar-refractivity contribution is 5.96. The summed E-state index contributed by atoms with van der Waals surface area (Å²) >= 11 is 0. The third-order valence-corrected chi connectivity index (χ3v) is 4.36. The first-order valence-electron chi connectivity index (χ1n) is 8.95. The Kier molecular flexibility index (Phi) is 6.23. The number of benzene rings is 3. The maximum atomic E-state index is 13.1. The van der Waals surface area contributed by atoms with E-state index in [9.17, 15) is 4.79 Å². The van der Waals surface area contributed by atoms with Crippen molar-refractivity contribution < 1.29 is 9.53 Å². The molecule has 0 saturated heterocycles. The first kappa shape index (κ1) is 18.7. The van der Waals surface area contributed by atoms with Gasteiger partial charge in [-0.15, -0.1) is 0 Å². The lowest BCUT2D eigenvalue weighted by atomic mass is 10.1. The second kappa shape index (κ2) is 9.01. The van der Waals surface area contributed by atoms with Crippen LogP contribution in [0.1, 0.15) is 22.7 Å². The van der Waals surface area contributed by atoms with Gasteiger partial charge in [-0.3, -0.25) is 10.1 Å². The molecular weight excluding hydrogens is 336 g/mol. The van der Waals surface area contributed by atoms with E-state index in [1.807, 2.05) is 85.8 Å². The molecule has 2 N–H and O–H groups in total. The van der Waals surface area contributed by atoms with Gasteiger partial charge in [0.1, 0.15) is 11.8 Å². The fourth-order valence-corrected chi connectivity index (χ4v) is 2.95. The molecule has 3 rings (SSSR count). The number of aryl methyl sites for hydroxylation is 1. The molecule has 1 atom stereocenters. The molecule has 27 heavy (non-hydrogen) atoms. The number of hydrogen-bond acceptors (Lipinski definition) is 3. The van der Waals surface area contributed by atoms with Crippen molar-refractivity contribution >= 4 is 11.6 Å². The van der Waals surface area contributed by atoms with Crippen LogP contribution in [0.2, 0.25) is 0 Å². The van der Waals surface area contributed by atoms with Crippen LogP contribution in [0.25, 0.3) is 0 Å². The van der Waals surface area contributed by atoms with Crippen LogP contribution in [0.3, 0.4) is 0 Å². The van der Waals surface area contributed by atoms with Gasteiger partial charge in [0.15, 0.2) is 0 Å². The van der Waals surface area contributed by atoms with Crippen LogP contribution in [0.5, 0.6) is 5.75 Å². The highest BCUT2D eigenvalue weighted by Crippen LogP contribution is 2.26. The molecule has 0 aliphatic carbocycles. The molecule has 0 radical (unpaired) electrons. The zero-order chi connectivity index (χ0) is 19.1. The molecule has 0 heterocycles. The molecule has 3 aromatic carbocycles. The van der Waals surface area contributed by atoms with E-state index >= 15 is 0 Å². The third-order valence-electron chi connectivity index (χ3n) is 4.36. The number of carbonyl (C=O) groups is 1. The zero-order valence-corrected chi connectivity index (χ0v) is 15.6. The Bertz CT molecular complexity index is 879. The van der Waals surface area contributed by atoms with Gasteiger partial charge in [0.05, 0.1) is 12.8 Å². The number of ether oxygens (including phenoxy) is 1. The highest BCUT2D eigenvalue weighted by atomic mass is 16.5. The molecule has 0 unspecified atom stereocenters. The van der Waals surface area contributed by atoms with Crippen molar-refractivity contribution in [1.82, 2.24) is 5.32 Å². The second-order valence-corrected chi connectivity index (χ2v) is 6.40. The number of methoxy groups -OCH3 is 1. The van der Waals surface area contributed by atoms with Crippen molar-refractivity contribution in [2.75, 3.05) is 12.4 Å². The van der Waals surface area contributed by atoms with Crippen molar-refractivity contribution in [3.05, 3.63) is 95.6 Å². The van der Waals surface area contributed by atoms with Gasteiger partial charge in [-0.05, 0) is 35.7 Å². The van der Waals surface area contributed by atoms with Crippen molar-refractivity contribution in [3.63, 3.8) is 0 Å². The summed E-state index contributed by atoms with van der Waals surface area (Å²) in [6.45, 7) is 2.58. The van der Waals surface area contributed by atoms with Crippen LogP contribution in [0.4, 0.5) is 5.69 Å². The largest absolute Gasteiger partial charge is 0.495 e. The Balaban J connectivity index is 1.82. The van der Waals surface area contributed by atoms with Crippen LogP contribution >= 0.6 is 0 Å². The van der Waals surface area contributed by atoms with Gasteiger partial charge in [-0.1, -0.05) is 66.7 Å². The quantitative estimate of drug-likeness (QED) is 0.653. The minimum atomic E-state index is -0.475. The average molecular weight is 360 g/mol. The molecule has 0 aliphatic heterocycles. The van der Waals surface area contributed by atoms with E-state index in [0.29, 0.717) is 18.0 Å². The molecule has 1 amide bonds. The lowest BCUT2D eigenvalue weighted by Crippen LogP contribution is -2.32. The van der Waals surface area contributed by atoms with Crippen molar-refractivity contribution in [2.24, 2.45) is 0 Å². The average Bonchev–Trinajstić information content (AvgIpc) is 2.70. The topological polar surface area (TPSA) is 50.4 Å². The highest BCUT2D eigenvalue weighted by Gasteiger charge is 2.21. The van der Waals surface area contributed by atoms with Crippen molar-refractivity contribution in [1.29, 1.82) is 0 Å². The molecule has 0 spiro atoms. The summed E-state index contributed by atoms with van der Waals surface area (Å²) < 4.78 is 5.38. The summed E-state index contributed by atoms with van der Waals surface area (Å²) in [5, 5.41) is 6.38. The van der Waals surface area contributed by atoms with E-state index in [4.69, 9.17) is 4.74 Å². The Labute approximate surface area is 160 Å². The Morgan fingerprint density at radius 3 is 2.30 bits per heavy atom. The molecule has 0 bridgehead atoms. The van der Waals surface area contributed by atoms with Crippen LogP contribution in [0, 0.1) is 6.92 Å². The summed E-state index contributed by atoms with van der Waals surface area (Å²) in [5.74, 6) is 0.518. The van der Waals surface area contributed by atoms with E-state index < -0.39 is 6.04 Å². The minimum Gasteiger partial charge on any atom is -0.495 e. The number of carbonyl (C=O) groups excluding carboxylic acids is 1. The van der Waals surface area contributed by atoms with Crippen LogP contribution in [0.15, 0.2) is 78.9 Å². The minimum absolute atomic E-state index is 0.124. The molecule has 3 aromatic rings. The number of rotatable bonds is 7. The maximum absolute atomic E-state index is 13.1. The van der Waals surface area contributed by atoms with Gasteiger partial charge in [-0.25, -0.2) is 0 Å². The molecule has 0 aliphatic rings. The first-order chi connectivity index (χ1) is 13.2. The Morgan fingerprint density at radius 1 is 0.963 bits per heavy atom. The van der Waals surface area contributed by atoms with E-state index in [0.717, 1.165) is 16.7 Å². The molecule has 0 fully saturated rings. The van der Waals surface area contributed by atoms with Crippen LogP contribution in [-0.2, 0) is 11.3 Å². The third kappa shape index (κ3) is 4.96. The van der Waals surface area contributed by atoms with E-state index in [1.165, 1.54) is 0 Å². The number of nitrogens with one attached hydrogen (secondary N) is 2. The standard InChI is InChI=1S/C23H24N2O2/c1-17-13-14-21(27-2)20(15-17)25-23(26)22(19-11-7-4-8-12-19)24-16-18-9-5-3-6-10-18/h3-15,22,24H,16H2,1-2H3,(H,25,26)/t22-/m1/s1. The summed E-state index contributed by atoms with van der Waals surface area (Å²) in [6, 6.07) is 25.0. The van der Waals surface area contributed by atoms with Gasteiger partial charge >= 0.3 is 0 Å². The summed E-state index contributed by atoms with van der Waals surface area (Å²) in [7, 11) is 1.60. The molecule has 4 heteroatoms. The van der Waals surface area contributed by atoms with Gasteiger partial charge in [0.25, 0.3) is 0 Å². The normalized spacial score (nSPS) is 11.6. The number of hydrogen-bond donors (Lipinski definition) is 2. The van der Waals surface area contributed by atoms with Crippen molar-refractivity contribution in [2.45, 2.75) is 19.5 Å². The van der Waals surface area contributed by atoms with Gasteiger partial charge < -0.3 is 10.1 Å². The van der Waals surface area contributed by atoms with E-state index in [1.54, 1.807) is 7.11 Å². The SMILES string of the molecule is COc1ccc(C)cc1NC(=O)[C@H](NCc1ccccc1)c1ccccc1. The summed E-state index contributed by atoms with van der Waals surface area (Å²) in [4.78, 5) is 13.1. The van der Waals surface area contributed by atoms with Crippen LogP contribution in [-0.4, -0.2) is 13.0 Å². The smallest absolute Gasteiger partial charge is 0.246 e. The van der Waals surface area contributed by atoms with Gasteiger partial charge in [-0.2, -0.15) is 0 Å². The fourth-order valence-electron chi connectivity index (χ4n) is 2.95. The Hall–Kier alpha value is -3.11. The zero-order valence-electron chi connectivity index (χ0n) is 15.6. The first-order valence-corrected chi connectivity index (χ1v) is 8.95. The van der Waals surface area contributed by atoms with Crippen molar-refractivity contribution in [3.8, 4) is 5.75 Å². The lowest BCUT2D eigenvalue weighted by molar-refractivity contribution is -0.118. The summed E-state index contributed by atoms with van der Waals surface area (Å²) in [6.07, 6.45) is 0. The molecule has 0 aromatic heterocycles. The molecule has 138 valence electrons. The Morgan fingerprint density at radius 2 is 1.63 bits per heavy atom. The maximum Gasteiger partial charge on any atom is 0.246 e. The molecular formula is C23H24N2O2. The molecule has 0 saturated carbocycles. The van der Waals surface area contributed by atoms with Crippen LogP contribution < -0.4 is 15.4 Å². The van der Waals surface area contributed by atoms with Gasteiger partial charge in [0, 0.05) is 6.54 Å². The van der Waals surface area contributed by atoms with E-state index in [2.05, 4.69) is 10.6 Å². The fraction of sp³-hybridized carbons (Fsp3) is 0.174. The predicted molar refractivity (Wildman–Crippen MR) is 109 cm³/mol. The molecule has 4 nitrogen and oxygen atoms in total. The number of anilines is 1.